The van der Waals surface area contributed by atoms with Crippen LogP contribution in [0.5, 0.6) is 0 Å². The highest BCUT2D eigenvalue weighted by Crippen LogP contribution is 2.34. The van der Waals surface area contributed by atoms with Crippen LogP contribution in [0.2, 0.25) is 0 Å². The topological polar surface area (TPSA) is 137 Å². The molecule has 85 heavy (non-hydrogen) atoms. The summed E-state index contributed by atoms with van der Waals surface area (Å²) >= 11 is 0. The molecule has 0 aromatic heterocycles. The highest BCUT2D eigenvalue weighted by Gasteiger charge is 2.38. The molecule has 0 aliphatic carbocycles. The number of amides is 3. The predicted molar refractivity (Wildman–Crippen MR) is 341 cm³/mol. The van der Waals surface area contributed by atoms with E-state index in [1.165, 1.54) is 15.0 Å². The van der Waals surface area contributed by atoms with Crippen LogP contribution in [0.4, 0.5) is 17.1 Å². The third kappa shape index (κ3) is 12.0. The van der Waals surface area contributed by atoms with Crippen molar-refractivity contribution < 1.29 is 14.4 Å². The van der Waals surface area contributed by atoms with Crippen molar-refractivity contribution in [3.05, 3.63) is 323 Å². The second kappa shape index (κ2) is 25.8. The quantitative estimate of drug-likeness (QED) is 0.0609. The van der Waals surface area contributed by atoms with Gasteiger partial charge < -0.3 is 16.0 Å². The van der Waals surface area contributed by atoms with E-state index in [4.69, 9.17) is 15.3 Å². The molecule has 3 aliphatic heterocycles. The molecule has 13 heteroatoms. The molecule has 0 atom stereocenters. The van der Waals surface area contributed by atoms with Gasteiger partial charge in [0.05, 0.1) is 50.9 Å². The maximum Gasteiger partial charge on any atom is 0.283 e. The van der Waals surface area contributed by atoms with Gasteiger partial charge in [-0.3, -0.25) is 19.3 Å². The minimum atomic E-state index is -0.249. The number of carbonyl (C=O) groups excluding carboxylic acids is 3. The van der Waals surface area contributed by atoms with Gasteiger partial charge in [0.25, 0.3) is 17.7 Å². The lowest BCUT2D eigenvalue weighted by molar-refractivity contribution is -0.115. The molecular weight excluding hydrogens is 1050 g/mol. The van der Waals surface area contributed by atoms with Crippen LogP contribution in [-0.2, 0) is 14.4 Å². The van der Waals surface area contributed by atoms with Gasteiger partial charge in [-0.2, -0.15) is 30.3 Å². The fraction of sp³-hybridized carbons (Fsp3) is 0.0833. The number of hydrogen-bond acceptors (Lipinski definition) is 10. The van der Waals surface area contributed by atoms with E-state index in [0.29, 0.717) is 107 Å². The summed E-state index contributed by atoms with van der Waals surface area (Å²) in [5.74, 6) is -0.747. The molecular formula is C72H60N10O3. The Bertz CT molecular complexity index is 3590. The van der Waals surface area contributed by atoms with E-state index >= 15 is 0 Å². The Kier molecular flexibility index (Phi) is 16.6. The monoisotopic (exact) mass is 1110 g/mol. The smallest absolute Gasteiger partial charge is 0.283 e. The van der Waals surface area contributed by atoms with Gasteiger partial charge in [-0.15, -0.1) is 0 Å². The van der Waals surface area contributed by atoms with Gasteiger partial charge >= 0.3 is 0 Å². The van der Waals surface area contributed by atoms with Gasteiger partial charge in [-0.25, -0.2) is 0 Å². The van der Waals surface area contributed by atoms with Gasteiger partial charge in [0.1, 0.15) is 17.1 Å². The summed E-state index contributed by atoms with van der Waals surface area (Å²) in [6.45, 7) is 2.76. The van der Waals surface area contributed by atoms with Crippen molar-refractivity contribution in [2.75, 3.05) is 54.3 Å². The first-order valence-electron chi connectivity index (χ1n) is 28.4. The molecule has 0 unspecified atom stereocenters. The molecule has 3 heterocycles. The molecule has 0 saturated carbocycles. The lowest BCUT2D eigenvalue weighted by atomic mass is 9.97. The first-order valence-corrected chi connectivity index (χ1v) is 28.4. The summed E-state index contributed by atoms with van der Waals surface area (Å²) < 4.78 is 0. The standard InChI is InChI=1S/C72H60N10O3/c83-70-61(67(55-34-16-4-17-35-55)76-80(70)58-40-22-7-23-41-58)64(52-28-10-1-11-29-52)73-46-49-79(50-47-74-65(53-30-12-2-13-31-53)62-68(56-36-18-5-19-37-56)77-81(71(62)84)59-42-24-8-25-43-59)51-48-75-66(54-32-14-3-15-33-54)63-69(57-38-20-6-21-39-57)78-82(72(63)85)60-44-26-9-27-45-60/h1-45,73-75H,46-51H2/b64-61-,65-62+,66-63+. The van der Waals surface area contributed by atoms with E-state index in [-0.39, 0.29) is 17.7 Å². The molecule has 0 radical (unpaired) electrons. The molecule has 3 aliphatic rings. The van der Waals surface area contributed by atoms with Crippen molar-refractivity contribution in [1.29, 1.82) is 0 Å². The van der Waals surface area contributed by atoms with Crippen molar-refractivity contribution in [3.8, 4) is 0 Å². The van der Waals surface area contributed by atoms with Crippen molar-refractivity contribution in [3.63, 3.8) is 0 Å². The SMILES string of the molecule is O=C1/C(=C(\NCCN(CCN/C(=C2/C(=O)N(c3ccccc3)N=C2c2ccccc2)c2ccccc2)CCN/C(=C2/C(=O)N(c3ccccc3)N=C2c2ccccc2)c2ccccc2)c2ccccc2)C(c2ccccc2)=NN1c1ccccc1. The largest absolute Gasteiger partial charge is 0.383 e. The van der Waals surface area contributed by atoms with Crippen LogP contribution >= 0.6 is 0 Å². The number of benzene rings is 9. The Labute approximate surface area is 494 Å². The predicted octanol–water partition coefficient (Wildman–Crippen LogP) is 11.6. The maximum atomic E-state index is 14.9. The lowest BCUT2D eigenvalue weighted by Crippen LogP contribution is -2.41. The Balaban J connectivity index is 0.902. The molecule has 0 saturated heterocycles. The number of anilines is 3. The van der Waals surface area contributed by atoms with Crippen LogP contribution in [-0.4, -0.2) is 79.0 Å². The highest BCUT2D eigenvalue weighted by atomic mass is 16.2. The van der Waals surface area contributed by atoms with Crippen LogP contribution < -0.4 is 31.0 Å². The summed E-state index contributed by atoms with van der Waals surface area (Å²) in [6, 6.07) is 87.6. The van der Waals surface area contributed by atoms with Gasteiger partial charge in [-0.05, 0) is 53.1 Å². The Morgan fingerprint density at radius 2 is 0.506 bits per heavy atom. The summed E-state index contributed by atoms with van der Waals surface area (Å²) in [4.78, 5) is 47.2. The van der Waals surface area contributed by atoms with Gasteiger partial charge in [0.2, 0.25) is 0 Å². The number of hydrazone groups is 3. The van der Waals surface area contributed by atoms with Crippen LogP contribution in [0.15, 0.2) is 305 Å². The molecule has 416 valence electrons. The van der Waals surface area contributed by atoms with Gasteiger partial charge in [-0.1, -0.05) is 237 Å². The lowest BCUT2D eigenvalue weighted by Gasteiger charge is -2.26. The average Bonchev–Trinajstić information content (AvgIpc) is 3.08. The number of rotatable bonds is 21. The molecule has 3 N–H and O–H groups in total. The van der Waals surface area contributed by atoms with E-state index in [1.54, 1.807) is 0 Å². The number of nitrogens with one attached hydrogen (secondary N) is 3. The fourth-order valence-corrected chi connectivity index (χ4v) is 10.7. The molecule has 9 aromatic rings. The van der Waals surface area contributed by atoms with E-state index in [0.717, 1.165) is 33.4 Å². The van der Waals surface area contributed by atoms with Crippen LogP contribution in [0.3, 0.4) is 0 Å². The zero-order chi connectivity index (χ0) is 57.7. The van der Waals surface area contributed by atoms with Crippen molar-refractivity contribution in [2.45, 2.75) is 0 Å². The molecule has 0 fully saturated rings. The minimum absolute atomic E-state index is 0.249. The minimum Gasteiger partial charge on any atom is -0.383 e. The summed E-state index contributed by atoms with van der Waals surface area (Å²) in [7, 11) is 0. The summed E-state index contributed by atoms with van der Waals surface area (Å²) in [5, 5.41) is 30.8. The molecule has 13 nitrogen and oxygen atoms in total. The third-order valence-electron chi connectivity index (χ3n) is 14.8. The molecule has 0 spiro atoms. The Morgan fingerprint density at radius 1 is 0.294 bits per heavy atom. The number of nitrogens with zero attached hydrogens (tertiary/aromatic N) is 7. The maximum absolute atomic E-state index is 14.9. The van der Waals surface area contributed by atoms with E-state index < -0.39 is 0 Å². The average molecular weight is 1110 g/mol. The zero-order valence-corrected chi connectivity index (χ0v) is 46.6. The summed E-state index contributed by atoms with van der Waals surface area (Å²) in [5.41, 5.74) is 11.9. The van der Waals surface area contributed by atoms with E-state index in [1.807, 2.05) is 273 Å². The third-order valence-corrected chi connectivity index (χ3v) is 14.8. The molecule has 0 bridgehead atoms. The second-order valence-electron chi connectivity index (χ2n) is 20.3. The number of para-hydroxylation sites is 3. The first kappa shape index (κ1) is 54.6. The van der Waals surface area contributed by atoms with Crippen LogP contribution in [0.1, 0.15) is 33.4 Å². The molecule has 9 aromatic carbocycles. The zero-order valence-electron chi connectivity index (χ0n) is 46.6. The van der Waals surface area contributed by atoms with E-state index in [2.05, 4.69) is 20.9 Å². The van der Waals surface area contributed by atoms with Gasteiger partial charge in [0, 0.05) is 56.0 Å². The van der Waals surface area contributed by atoms with E-state index in [9.17, 15) is 14.4 Å². The normalized spacial score (nSPS) is 15.8. The van der Waals surface area contributed by atoms with Crippen molar-refractivity contribution in [1.82, 2.24) is 20.9 Å². The van der Waals surface area contributed by atoms with Crippen LogP contribution in [0.25, 0.3) is 17.1 Å². The second-order valence-corrected chi connectivity index (χ2v) is 20.3. The van der Waals surface area contributed by atoms with Crippen LogP contribution in [0, 0.1) is 0 Å². The number of hydrogen-bond donors (Lipinski definition) is 3. The fourth-order valence-electron chi connectivity index (χ4n) is 10.7. The molecule has 3 amide bonds. The number of carbonyl (C=O) groups is 3. The first-order chi connectivity index (χ1) is 42.0. The summed E-state index contributed by atoms with van der Waals surface area (Å²) in [6.07, 6.45) is 0. The Morgan fingerprint density at radius 3 is 0.741 bits per heavy atom. The molecule has 12 rings (SSSR count). The van der Waals surface area contributed by atoms with Crippen molar-refractivity contribution in [2.24, 2.45) is 15.3 Å². The Hall–Kier alpha value is -11.0. The van der Waals surface area contributed by atoms with Crippen molar-refractivity contribution >= 4 is 69.0 Å². The highest BCUT2D eigenvalue weighted by molar-refractivity contribution is 6.40. The van der Waals surface area contributed by atoms with Gasteiger partial charge in [0.15, 0.2) is 0 Å².